The minimum Gasteiger partial charge on any atom is -0.466 e. The van der Waals surface area contributed by atoms with Crippen molar-refractivity contribution in [2.45, 2.75) is 25.9 Å². The summed E-state index contributed by atoms with van der Waals surface area (Å²) in [4.78, 5) is 39.9. The number of benzene rings is 3. The van der Waals surface area contributed by atoms with Crippen LogP contribution in [0.4, 0.5) is 5.69 Å². The van der Waals surface area contributed by atoms with Gasteiger partial charge >= 0.3 is 17.9 Å². The number of nitrogens with zero attached hydrogens (tertiary/aromatic N) is 2. The van der Waals surface area contributed by atoms with Gasteiger partial charge in [0.2, 0.25) is 0 Å². The van der Waals surface area contributed by atoms with Crippen molar-refractivity contribution < 1.29 is 28.6 Å². The molecule has 1 aliphatic heterocycles. The number of esters is 3. The van der Waals surface area contributed by atoms with Crippen molar-refractivity contribution in [3.63, 3.8) is 0 Å². The van der Waals surface area contributed by atoms with Crippen LogP contribution in [0.25, 0.3) is 11.1 Å². The van der Waals surface area contributed by atoms with Gasteiger partial charge in [-0.1, -0.05) is 54.6 Å². The SMILES string of the molecule is COC(=O)C1=C(C(=O)OC)N(c2ccc(-c3ccc(C(=O)OC(C)C)cc3)cc2)C(N)=C(C#N)C1c1ccccc1. The molecule has 4 rings (SSSR count). The maximum Gasteiger partial charge on any atom is 0.355 e. The summed E-state index contributed by atoms with van der Waals surface area (Å²) in [5, 5.41) is 10.2. The molecule has 9 heteroatoms. The molecule has 0 amide bonds. The lowest BCUT2D eigenvalue weighted by molar-refractivity contribution is -0.139. The van der Waals surface area contributed by atoms with Crippen LogP contribution in [0, 0.1) is 11.3 Å². The highest BCUT2D eigenvalue weighted by Gasteiger charge is 2.42. The average molecular weight is 552 g/mol. The average Bonchev–Trinajstić information content (AvgIpc) is 2.99. The number of ether oxygens (including phenoxy) is 3. The lowest BCUT2D eigenvalue weighted by atomic mass is 9.81. The zero-order valence-electron chi connectivity index (χ0n) is 23.1. The Balaban J connectivity index is 1.81. The summed E-state index contributed by atoms with van der Waals surface area (Å²) in [6.45, 7) is 3.57. The second kappa shape index (κ2) is 12.2. The van der Waals surface area contributed by atoms with Gasteiger partial charge in [0.25, 0.3) is 0 Å². The molecule has 1 heterocycles. The highest BCUT2D eigenvalue weighted by Crippen LogP contribution is 2.43. The van der Waals surface area contributed by atoms with Crippen LogP contribution in [-0.4, -0.2) is 38.2 Å². The van der Waals surface area contributed by atoms with E-state index in [9.17, 15) is 19.6 Å². The molecule has 0 aliphatic carbocycles. The van der Waals surface area contributed by atoms with E-state index in [-0.39, 0.29) is 28.8 Å². The molecule has 2 N–H and O–H groups in total. The van der Waals surface area contributed by atoms with Crippen LogP contribution in [-0.2, 0) is 23.8 Å². The fraction of sp³-hybridized carbons (Fsp3) is 0.188. The first kappa shape index (κ1) is 28.6. The summed E-state index contributed by atoms with van der Waals surface area (Å²) in [5.74, 6) is -2.98. The molecule has 1 unspecified atom stereocenters. The van der Waals surface area contributed by atoms with Crippen molar-refractivity contribution in [2.24, 2.45) is 5.73 Å². The monoisotopic (exact) mass is 551 g/mol. The van der Waals surface area contributed by atoms with E-state index >= 15 is 0 Å². The van der Waals surface area contributed by atoms with Crippen LogP contribution in [0.3, 0.4) is 0 Å². The smallest absolute Gasteiger partial charge is 0.355 e. The van der Waals surface area contributed by atoms with Gasteiger partial charge in [-0.05, 0) is 54.8 Å². The largest absolute Gasteiger partial charge is 0.466 e. The molecule has 1 aliphatic rings. The minimum absolute atomic E-state index is 0.0184. The Morgan fingerprint density at radius 1 is 0.829 bits per heavy atom. The van der Waals surface area contributed by atoms with Gasteiger partial charge in [0.05, 0.1) is 49.0 Å². The Morgan fingerprint density at radius 2 is 1.39 bits per heavy atom. The number of methoxy groups -OCH3 is 2. The second-order valence-electron chi connectivity index (χ2n) is 9.41. The predicted molar refractivity (Wildman–Crippen MR) is 152 cm³/mol. The highest BCUT2D eigenvalue weighted by molar-refractivity contribution is 6.06. The molecule has 1 atom stereocenters. The molecule has 0 fully saturated rings. The van der Waals surface area contributed by atoms with Crippen LogP contribution >= 0.6 is 0 Å². The third-order valence-corrected chi connectivity index (χ3v) is 6.53. The van der Waals surface area contributed by atoms with E-state index in [1.54, 1.807) is 92.7 Å². The number of hydrogen-bond donors (Lipinski definition) is 1. The Hall–Kier alpha value is -5.36. The number of nitriles is 1. The lowest BCUT2D eigenvalue weighted by Crippen LogP contribution is -2.40. The number of carbonyl (C=O) groups is 3. The molecule has 0 saturated heterocycles. The fourth-order valence-corrected chi connectivity index (χ4v) is 4.67. The zero-order valence-corrected chi connectivity index (χ0v) is 23.1. The van der Waals surface area contributed by atoms with Crippen molar-refractivity contribution in [1.29, 1.82) is 5.26 Å². The molecule has 3 aromatic carbocycles. The van der Waals surface area contributed by atoms with Gasteiger partial charge in [-0.15, -0.1) is 0 Å². The minimum atomic E-state index is -0.945. The van der Waals surface area contributed by atoms with E-state index in [1.807, 2.05) is 0 Å². The lowest BCUT2D eigenvalue weighted by Gasteiger charge is -2.35. The van der Waals surface area contributed by atoms with Crippen molar-refractivity contribution in [1.82, 2.24) is 0 Å². The highest BCUT2D eigenvalue weighted by atomic mass is 16.5. The van der Waals surface area contributed by atoms with E-state index in [1.165, 1.54) is 19.1 Å². The number of carbonyl (C=O) groups excluding carboxylic acids is 3. The molecule has 41 heavy (non-hydrogen) atoms. The number of allylic oxidation sites excluding steroid dienone is 1. The van der Waals surface area contributed by atoms with Gasteiger partial charge in [-0.25, -0.2) is 14.4 Å². The Bertz CT molecular complexity index is 1570. The van der Waals surface area contributed by atoms with Crippen molar-refractivity contribution in [3.05, 3.63) is 113 Å². The summed E-state index contributed by atoms with van der Waals surface area (Å²) in [5.41, 5.74) is 9.52. The zero-order chi connectivity index (χ0) is 29.7. The molecule has 0 radical (unpaired) electrons. The van der Waals surface area contributed by atoms with Crippen molar-refractivity contribution in [3.8, 4) is 17.2 Å². The first-order chi connectivity index (χ1) is 19.7. The normalized spacial score (nSPS) is 14.9. The summed E-state index contributed by atoms with van der Waals surface area (Å²) < 4.78 is 15.4. The van der Waals surface area contributed by atoms with Crippen molar-refractivity contribution in [2.75, 3.05) is 19.1 Å². The first-order valence-electron chi connectivity index (χ1n) is 12.8. The summed E-state index contributed by atoms with van der Waals surface area (Å²) in [6, 6.07) is 24.9. The van der Waals surface area contributed by atoms with E-state index in [0.717, 1.165) is 11.1 Å². The van der Waals surface area contributed by atoms with Crippen LogP contribution in [0.15, 0.2) is 102 Å². The van der Waals surface area contributed by atoms with E-state index < -0.39 is 23.8 Å². The van der Waals surface area contributed by atoms with Gasteiger partial charge in [0.15, 0.2) is 0 Å². The van der Waals surface area contributed by atoms with E-state index in [2.05, 4.69) is 6.07 Å². The van der Waals surface area contributed by atoms with Crippen LogP contribution < -0.4 is 10.6 Å². The number of anilines is 1. The van der Waals surface area contributed by atoms with E-state index in [4.69, 9.17) is 19.9 Å². The van der Waals surface area contributed by atoms with Crippen molar-refractivity contribution >= 4 is 23.6 Å². The Kier molecular flexibility index (Phi) is 8.54. The molecule has 3 aromatic rings. The topological polar surface area (TPSA) is 132 Å². The summed E-state index contributed by atoms with van der Waals surface area (Å²) in [6.07, 6.45) is -0.223. The molecule has 9 nitrogen and oxygen atoms in total. The van der Waals surface area contributed by atoms with Gasteiger partial charge in [0, 0.05) is 5.69 Å². The Morgan fingerprint density at radius 3 is 1.90 bits per heavy atom. The summed E-state index contributed by atoms with van der Waals surface area (Å²) >= 11 is 0. The third-order valence-electron chi connectivity index (χ3n) is 6.53. The van der Waals surface area contributed by atoms with Gasteiger partial charge in [-0.3, -0.25) is 4.90 Å². The van der Waals surface area contributed by atoms with Crippen LogP contribution in [0.2, 0.25) is 0 Å². The third kappa shape index (κ3) is 5.68. The summed E-state index contributed by atoms with van der Waals surface area (Å²) in [7, 11) is 2.40. The number of hydrogen-bond acceptors (Lipinski definition) is 9. The van der Waals surface area contributed by atoms with Crippen LogP contribution in [0.5, 0.6) is 0 Å². The number of nitrogens with two attached hydrogens (primary N) is 1. The molecular weight excluding hydrogens is 522 g/mol. The molecule has 0 spiro atoms. The molecular formula is C32H29N3O6. The standard InChI is InChI=1S/C32H29N3O6/c1-19(2)41-30(36)23-12-10-20(11-13-23)21-14-16-24(17-15-21)35-28(32(38)40-4)27(31(37)39-3)26(25(18-33)29(35)34)22-8-6-5-7-9-22/h5-17,19,26H,34H2,1-4H3. The fourth-order valence-electron chi connectivity index (χ4n) is 4.67. The molecule has 0 bridgehead atoms. The van der Waals surface area contributed by atoms with Gasteiger partial charge < -0.3 is 19.9 Å². The molecule has 0 aromatic heterocycles. The number of rotatable bonds is 7. The molecule has 208 valence electrons. The maximum absolute atomic E-state index is 13.2. The second-order valence-corrected chi connectivity index (χ2v) is 9.41. The van der Waals surface area contributed by atoms with E-state index in [0.29, 0.717) is 16.8 Å². The van der Waals surface area contributed by atoms with Crippen LogP contribution in [0.1, 0.15) is 35.7 Å². The Labute approximate surface area is 238 Å². The predicted octanol–water partition coefficient (Wildman–Crippen LogP) is 4.82. The van der Waals surface area contributed by atoms with Gasteiger partial charge in [0.1, 0.15) is 11.5 Å². The first-order valence-corrected chi connectivity index (χ1v) is 12.8. The quantitative estimate of drug-likeness (QED) is 0.324. The van der Waals surface area contributed by atoms with Gasteiger partial charge in [-0.2, -0.15) is 5.26 Å². The maximum atomic E-state index is 13.2. The molecule has 0 saturated carbocycles.